The lowest BCUT2D eigenvalue weighted by molar-refractivity contribution is -0.112. The van der Waals surface area contributed by atoms with Gasteiger partial charge in [-0.2, -0.15) is 4.98 Å². The minimum Gasteiger partial charge on any atom is -0.494 e. The molecule has 30 heavy (non-hydrogen) atoms. The van der Waals surface area contributed by atoms with Gasteiger partial charge < -0.3 is 9.84 Å². The van der Waals surface area contributed by atoms with Crippen LogP contribution in [0.15, 0.2) is 52.4 Å². The molecule has 8 nitrogen and oxygen atoms in total. The first-order valence-electron chi connectivity index (χ1n) is 8.98. The van der Waals surface area contributed by atoms with E-state index in [1.54, 1.807) is 30.3 Å². The molecule has 4 rings (SSSR count). The summed E-state index contributed by atoms with van der Waals surface area (Å²) in [5, 5.41) is 11.2. The summed E-state index contributed by atoms with van der Waals surface area (Å²) in [6, 6.07) is 11.3. The number of aryl methyl sites for hydroxylation is 1. The number of hydrogen-bond donors (Lipinski definition) is 2. The van der Waals surface area contributed by atoms with Gasteiger partial charge in [-0.25, -0.2) is 13.4 Å². The van der Waals surface area contributed by atoms with Crippen molar-refractivity contribution in [1.82, 2.24) is 4.98 Å². The maximum atomic E-state index is 12.6. The van der Waals surface area contributed by atoms with Gasteiger partial charge in [0.2, 0.25) is 11.0 Å². The molecule has 1 aliphatic rings. The van der Waals surface area contributed by atoms with Crippen LogP contribution in [0.5, 0.6) is 11.6 Å². The first-order chi connectivity index (χ1) is 14.3. The van der Waals surface area contributed by atoms with Gasteiger partial charge in [-0.15, -0.1) is 0 Å². The number of aromatic hydroxyl groups is 1. The second-order valence-electron chi connectivity index (χ2n) is 6.49. The van der Waals surface area contributed by atoms with Crippen molar-refractivity contribution in [3.05, 3.63) is 63.5 Å². The van der Waals surface area contributed by atoms with E-state index in [1.807, 2.05) is 13.8 Å². The summed E-state index contributed by atoms with van der Waals surface area (Å²) in [5.74, 6) is -0.427. The summed E-state index contributed by atoms with van der Waals surface area (Å²) in [5.41, 5.74) is 1.08. The number of thiazole rings is 1. The highest BCUT2D eigenvalue weighted by atomic mass is 32.2. The first kappa shape index (κ1) is 20.0. The second kappa shape index (κ2) is 7.54. The van der Waals surface area contributed by atoms with Crippen molar-refractivity contribution < 1.29 is 23.1 Å². The number of carbonyl (C=O) groups excluding carboxylic acids is 1. The van der Waals surface area contributed by atoms with Gasteiger partial charge in [-0.05, 0) is 44.2 Å². The summed E-state index contributed by atoms with van der Waals surface area (Å²) in [4.78, 5) is 20.6. The highest BCUT2D eigenvalue weighted by Crippen LogP contribution is 2.35. The molecule has 2 N–H and O–H groups in total. The average molecular weight is 444 g/mol. The number of nitrogens with zero attached hydrogens (tertiary/aromatic N) is 2. The predicted octanol–water partition coefficient (Wildman–Crippen LogP) is 1.72. The quantitative estimate of drug-likeness (QED) is 0.599. The Morgan fingerprint density at radius 2 is 1.90 bits per heavy atom. The van der Waals surface area contributed by atoms with Crippen LogP contribution in [0.4, 0.5) is 5.13 Å². The molecule has 0 saturated heterocycles. The van der Waals surface area contributed by atoms with Crippen molar-refractivity contribution in [2.45, 2.75) is 18.7 Å². The van der Waals surface area contributed by atoms with Gasteiger partial charge in [0.1, 0.15) is 10.6 Å². The summed E-state index contributed by atoms with van der Waals surface area (Å²) in [7, 11) is -3.90. The lowest BCUT2D eigenvalue weighted by atomic mass is 10.1. The Bertz CT molecular complexity index is 1380. The molecule has 3 aromatic rings. The molecule has 0 aliphatic carbocycles. The molecule has 0 radical (unpaired) electrons. The van der Waals surface area contributed by atoms with Gasteiger partial charge in [-0.1, -0.05) is 29.0 Å². The zero-order chi connectivity index (χ0) is 21.5. The second-order valence-corrected chi connectivity index (χ2v) is 9.18. The molecule has 1 aliphatic heterocycles. The lowest BCUT2D eigenvalue weighted by Crippen LogP contribution is -2.23. The van der Waals surface area contributed by atoms with Crippen molar-refractivity contribution >= 4 is 38.0 Å². The summed E-state index contributed by atoms with van der Waals surface area (Å²) >= 11 is 0.858. The monoisotopic (exact) mass is 443 g/mol. The maximum absolute atomic E-state index is 12.6. The van der Waals surface area contributed by atoms with Crippen molar-refractivity contribution in [3.8, 4) is 11.6 Å². The van der Waals surface area contributed by atoms with E-state index in [1.165, 1.54) is 12.1 Å². The third kappa shape index (κ3) is 3.66. The predicted molar refractivity (Wildman–Crippen MR) is 112 cm³/mol. The number of nitrogens with one attached hydrogen (secondary N) is 1. The number of carbonyl (C=O) groups is 1. The van der Waals surface area contributed by atoms with Crippen LogP contribution in [0.2, 0.25) is 0 Å². The lowest BCUT2D eigenvalue weighted by Gasteiger charge is -2.05. The standard InChI is InChI=1S/C20H17N3O5S2/c1-3-28-12-6-9-15-14(10-12)16(18(24)21-15)17-19(25)22-20(29-17)23-30(26,27)13-7-4-11(2)5-8-13/h4-10,25H,3H2,1-2H3,(H,22,23). The highest BCUT2D eigenvalue weighted by molar-refractivity contribution is 7.93. The van der Waals surface area contributed by atoms with E-state index in [0.717, 1.165) is 16.9 Å². The number of amides is 1. The fourth-order valence-electron chi connectivity index (χ4n) is 2.98. The van der Waals surface area contributed by atoms with E-state index in [9.17, 15) is 18.3 Å². The molecular weight excluding hydrogens is 426 g/mol. The van der Waals surface area contributed by atoms with E-state index >= 15 is 0 Å². The number of benzene rings is 2. The summed E-state index contributed by atoms with van der Waals surface area (Å²) in [6.45, 7) is 4.15. The van der Waals surface area contributed by atoms with Crippen LogP contribution >= 0.6 is 11.3 Å². The van der Waals surface area contributed by atoms with E-state index in [0.29, 0.717) is 22.9 Å². The zero-order valence-electron chi connectivity index (χ0n) is 16.0. The molecular formula is C20H17N3O5S2. The van der Waals surface area contributed by atoms with Crippen molar-refractivity contribution in [1.29, 1.82) is 0 Å². The third-order valence-corrected chi connectivity index (χ3v) is 6.84. The Morgan fingerprint density at radius 1 is 1.17 bits per heavy atom. The third-order valence-electron chi connectivity index (χ3n) is 4.37. The Hall–Kier alpha value is -3.24. The summed E-state index contributed by atoms with van der Waals surface area (Å²) < 4.78 is 33.0. The smallest absolute Gasteiger partial charge is 0.279 e. The first-order valence-corrected chi connectivity index (χ1v) is 11.3. The Morgan fingerprint density at radius 3 is 2.60 bits per heavy atom. The Kier molecular flexibility index (Phi) is 5.04. The Labute approximate surface area is 176 Å². The molecule has 10 heteroatoms. The molecule has 0 fully saturated rings. The fourth-order valence-corrected chi connectivity index (χ4v) is 5.12. The molecule has 1 aromatic heterocycles. The van der Waals surface area contributed by atoms with Crippen LogP contribution in [0.25, 0.3) is 5.57 Å². The molecule has 2 heterocycles. The van der Waals surface area contributed by atoms with E-state index in [4.69, 9.17) is 4.74 Å². The minimum absolute atomic E-state index is 0.0576. The van der Waals surface area contributed by atoms with E-state index in [-0.39, 0.29) is 20.5 Å². The molecule has 0 bridgehead atoms. The Balaban J connectivity index is 1.75. The van der Waals surface area contributed by atoms with Gasteiger partial charge in [0.05, 0.1) is 22.4 Å². The maximum Gasteiger partial charge on any atom is 0.279 e. The number of sulfonamides is 1. The largest absolute Gasteiger partial charge is 0.494 e. The number of ether oxygens (including phenoxy) is 1. The number of hydrogen-bond acceptors (Lipinski definition) is 7. The number of rotatable bonds is 6. The van der Waals surface area contributed by atoms with Gasteiger partial charge in [0, 0.05) is 5.22 Å². The van der Waals surface area contributed by atoms with Crippen LogP contribution < -0.4 is 20.0 Å². The van der Waals surface area contributed by atoms with Crippen molar-refractivity contribution in [2.75, 3.05) is 11.3 Å². The molecule has 0 spiro atoms. The normalized spacial score (nSPS) is 13.1. The highest BCUT2D eigenvalue weighted by Gasteiger charge is 2.26. The summed E-state index contributed by atoms with van der Waals surface area (Å²) in [6.07, 6.45) is 0. The van der Waals surface area contributed by atoms with Crippen LogP contribution in [0.3, 0.4) is 0 Å². The number of anilines is 1. The average Bonchev–Trinajstić information content (AvgIpc) is 3.19. The van der Waals surface area contributed by atoms with E-state index < -0.39 is 21.8 Å². The van der Waals surface area contributed by atoms with Crippen LogP contribution in [0.1, 0.15) is 17.4 Å². The SMILES string of the molecule is CCOc1ccc2c(c1)=C(c1sc(NS(=O)(=O)c3ccc(C)cc3)nc1O)C(=O)N=2. The molecule has 0 saturated carbocycles. The zero-order valence-corrected chi connectivity index (χ0v) is 17.7. The topological polar surface area (TPSA) is 118 Å². The van der Waals surface area contributed by atoms with Gasteiger partial charge >= 0.3 is 0 Å². The van der Waals surface area contributed by atoms with E-state index in [2.05, 4.69) is 14.7 Å². The fraction of sp³-hybridized carbons (Fsp3) is 0.150. The number of aromatic nitrogens is 1. The van der Waals surface area contributed by atoms with Crippen LogP contribution in [-0.2, 0) is 14.8 Å². The van der Waals surface area contributed by atoms with Crippen molar-refractivity contribution in [3.63, 3.8) is 0 Å². The molecule has 1 amide bonds. The molecule has 0 atom stereocenters. The molecule has 154 valence electrons. The molecule has 0 unspecified atom stereocenters. The van der Waals surface area contributed by atoms with Crippen LogP contribution in [0, 0.1) is 6.92 Å². The minimum atomic E-state index is -3.90. The van der Waals surface area contributed by atoms with Gasteiger partial charge in [0.25, 0.3) is 15.9 Å². The van der Waals surface area contributed by atoms with Gasteiger partial charge in [-0.3, -0.25) is 9.52 Å². The molecule has 2 aromatic carbocycles. The number of fused-ring (bicyclic) bond motifs is 1. The van der Waals surface area contributed by atoms with Gasteiger partial charge in [0.15, 0.2) is 0 Å². The van der Waals surface area contributed by atoms with Crippen molar-refractivity contribution in [2.24, 2.45) is 4.99 Å². The van der Waals surface area contributed by atoms with Crippen LogP contribution in [-0.4, -0.2) is 31.0 Å².